The Kier molecular flexibility index (Phi) is 5.79. The first-order valence-electron chi connectivity index (χ1n) is 9.00. The normalized spacial score (nSPS) is 16.6. The van der Waals surface area contributed by atoms with Gasteiger partial charge in [0.2, 0.25) is 5.91 Å². The van der Waals surface area contributed by atoms with Crippen LogP contribution in [-0.2, 0) is 11.0 Å². The molecule has 2 aromatic rings. The number of hydrogen-bond donors (Lipinski definition) is 2. The lowest BCUT2D eigenvalue weighted by atomic mass is 10.1. The van der Waals surface area contributed by atoms with Gasteiger partial charge in [0.15, 0.2) is 0 Å². The summed E-state index contributed by atoms with van der Waals surface area (Å²) >= 11 is 0. The van der Waals surface area contributed by atoms with Crippen molar-refractivity contribution in [1.29, 1.82) is 0 Å². The molecule has 3 rings (SSSR count). The first kappa shape index (κ1) is 20.0. The summed E-state index contributed by atoms with van der Waals surface area (Å²) in [5.41, 5.74) is 0.607. The Balaban J connectivity index is 1.53. The van der Waals surface area contributed by atoms with Crippen LogP contribution in [0.15, 0.2) is 48.5 Å². The Morgan fingerprint density at radius 2 is 1.57 bits per heavy atom. The fourth-order valence-electron chi connectivity index (χ4n) is 3.19. The molecular formula is C20H22F3N3O2. The molecule has 1 atom stereocenters. The van der Waals surface area contributed by atoms with Gasteiger partial charge in [-0.25, -0.2) is 0 Å². The lowest BCUT2D eigenvalue weighted by Crippen LogP contribution is -2.52. The first-order chi connectivity index (χ1) is 13.2. The molecule has 1 heterocycles. The number of nitrogens with one attached hydrogen (secondary N) is 1. The number of halogens is 3. The van der Waals surface area contributed by atoms with Gasteiger partial charge >= 0.3 is 6.18 Å². The van der Waals surface area contributed by atoms with Crippen LogP contribution in [0.1, 0.15) is 12.5 Å². The number of anilines is 2. The smallest absolute Gasteiger partial charge is 0.416 e. The number of amides is 1. The number of aromatic hydroxyl groups is 1. The van der Waals surface area contributed by atoms with Crippen LogP contribution < -0.4 is 10.2 Å². The highest BCUT2D eigenvalue weighted by Gasteiger charge is 2.30. The Morgan fingerprint density at radius 3 is 2.11 bits per heavy atom. The predicted molar refractivity (Wildman–Crippen MR) is 101 cm³/mol. The summed E-state index contributed by atoms with van der Waals surface area (Å²) in [6, 6.07) is 11.0. The van der Waals surface area contributed by atoms with Gasteiger partial charge in [-0.3, -0.25) is 9.69 Å². The Hall–Kier alpha value is -2.74. The van der Waals surface area contributed by atoms with Crippen molar-refractivity contribution in [3.63, 3.8) is 0 Å². The molecule has 1 amide bonds. The number of carbonyl (C=O) groups is 1. The highest BCUT2D eigenvalue weighted by atomic mass is 19.4. The highest BCUT2D eigenvalue weighted by molar-refractivity contribution is 5.94. The summed E-state index contributed by atoms with van der Waals surface area (Å²) in [5, 5.41) is 12.1. The zero-order valence-electron chi connectivity index (χ0n) is 15.4. The minimum atomic E-state index is -4.40. The van der Waals surface area contributed by atoms with Crippen LogP contribution in [0, 0.1) is 0 Å². The molecule has 1 aliphatic rings. The van der Waals surface area contributed by atoms with Gasteiger partial charge < -0.3 is 15.3 Å². The van der Waals surface area contributed by atoms with Gasteiger partial charge in [-0.15, -0.1) is 0 Å². The van der Waals surface area contributed by atoms with E-state index in [-0.39, 0.29) is 11.7 Å². The Labute approximate surface area is 161 Å². The SMILES string of the molecule is C[C@H](C(=O)Nc1ccc(C(F)(F)F)cc1)N1CCN(c2ccc(O)cc2)CC1. The number of benzene rings is 2. The monoisotopic (exact) mass is 393 g/mol. The van der Waals surface area contributed by atoms with Crippen LogP contribution in [0.25, 0.3) is 0 Å². The number of alkyl halides is 3. The van der Waals surface area contributed by atoms with Crippen molar-refractivity contribution in [2.45, 2.75) is 19.1 Å². The van der Waals surface area contributed by atoms with Gasteiger partial charge in [0.25, 0.3) is 0 Å². The van der Waals surface area contributed by atoms with Crippen LogP contribution >= 0.6 is 0 Å². The number of phenolic OH excluding ortho intramolecular Hbond substituents is 1. The van der Waals surface area contributed by atoms with Crippen LogP contribution in [0.5, 0.6) is 5.75 Å². The maximum Gasteiger partial charge on any atom is 0.416 e. The van der Waals surface area contributed by atoms with Crippen molar-refractivity contribution in [3.05, 3.63) is 54.1 Å². The first-order valence-corrected chi connectivity index (χ1v) is 9.00. The van der Waals surface area contributed by atoms with Crippen molar-refractivity contribution in [2.24, 2.45) is 0 Å². The highest BCUT2D eigenvalue weighted by Crippen LogP contribution is 2.30. The van der Waals surface area contributed by atoms with Crippen molar-refractivity contribution < 1.29 is 23.1 Å². The second-order valence-corrected chi connectivity index (χ2v) is 6.78. The quantitative estimate of drug-likeness (QED) is 0.834. The van der Waals surface area contributed by atoms with Crippen molar-refractivity contribution in [2.75, 3.05) is 36.4 Å². The molecule has 1 fully saturated rings. The molecule has 0 aliphatic carbocycles. The van der Waals surface area contributed by atoms with Crippen LogP contribution in [0.4, 0.5) is 24.5 Å². The van der Waals surface area contributed by atoms with Gasteiger partial charge in [0.1, 0.15) is 5.75 Å². The summed E-state index contributed by atoms with van der Waals surface area (Å²) in [6.45, 7) is 4.63. The number of carbonyl (C=O) groups excluding carboxylic acids is 1. The van der Waals surface area contributed by atoms with Gasteiger partial charge in [-0.05, 0) is 55.5 Å². The van der Waals surface area contributed by atoms with E-state index in [0.717, 1.165) is 30.9 Å². The number of nitrogens with zero attached hydrogens (tertiary/aromatic N) is 2. The molecule has 5 nitrogen and oxygen atoms in total. The van der Waals surface area contributed by atoms with Gasteiger partial charge in [-0.1, -0.05) is 0 Å². The molecule has 0 unspecified atom stereocenters. The maximum atomic E-state index is 12.6. The average Bonchev–Trinajstić information content (AvgIpc) is 2.68. The summed E-state index contributed by atoms with van der Waals surface area (Å²) in [6.07, 6.45) is -4.40. The Bertz CT molecular complexity index is 799. The van der Waals surface area contributed by atoms with Crippen LogP contribution in [0.3, 0.4) is 0 Å². The van der Waals surface area contributed by atoms with Crippen LogP contribution in [0.2, 0.25) is 0 Å². The number of rotatable bonds is 4. The predicted octanol–water partition coefficient (Wildman–Crippen LogP) is 3.56. The molecule has 8 heteroatoms. The fourth-order valence-corrected chi connectivity index (χ4v) is 3.19. The third kappa shape index (κ3) is 4.75. The third-order valence-electron chi connectivity index (χ3n) is 4.94. The second-order valence-electron chi connectivity index (χ2n) is 6.78. The molecule has 150 valence electrons. The van der Waals surface area contributed by atoms with E-state index >= 15 is 0 Å². The molecule has 2 aromatic carbocycles. The lowest BCUT2D eigenvalue weighted by molar-refractivity contribution is -0.137. The van der Waals surface area contributed by atoms with Gasteiger partial charge in [0.05, 0.1) is 11.6 Å². The van der Waals surface area contributed by atoms with E-state index in [1.165, 1.54) is 12.1 Å². The zero-order valence-corrected chi connectivity index (χ0v) is 15.4. The summed E-state index contributed by atoms with van der Waals surface area (Å²) < 4.78 is 37.9. The molecule has 0 bridgehead atoms. The van der Waals surface area contributed by atoms with E-state index < -0.39 is 17.8 Å². The molecular weight excluding hydrogens is 371 g/mol. The standard InChI is InChI=1S/C20H22F3N3O2/c1-14(19(28)24-16-4-2-15(3-5-16)20(21,22)23)25-10-12-26(13-11-25)17-6-8-18(27)9-7-17/h2-9,14,27H,10-13H2,1H3,(H,24,28)/t14-/m1/s1. The second kappa shape index (κ2) is 8.10. The van der Waals surface area contributed by atoms with Crippen molar-refractivity contribution in [1.82, 2.24) is 4.90 Å². The molecule has 0 radical (unpaired) electrons. The molecule has 2 N–H and O–H groups in total. The van der Waals surface area contributed by atoms with E-state index in [0.29, 0.717) is 18.8 Å². The largest absolute Gasteiger partial charge is 0.508 e. The zero-order chi connectivity index (χ0) is 20.3. The molecule has 0 saturated carbocycles. The van der Waals surface area contributed by atoms with E-state index in [1.54, 1.807) is 19.1 Å². The molecule has 28 heavy (non-hydrogen) atoms. The Morgan fingerprint density at radius 1 is 1.00 bits per heavy atom. The lowest BCUT2D eigenvalue weighted by Gasteiger charge is -2.38. The average molecular weight is 393 g/mol. The minimum Gasteiger partial charge on any atom is -0.508 e. The van der Waals surface area contributed by atoms with E-state index in [1.807, 2.05) is 17.0 Å². The molecule has 1 saturated heterocycles. The van der Waals surface area contributed by atoms with Crippen LogP contribution in [-0.4, -0.2) is 48.1 Å². The summed E-state index contributed by atoms with van der Waals surface area (Å²) in [5.74, 6) is -0.0335. The fraction of sp³-hybridized carbons (Fsp3) is 0.350. The number of piperazine rings is 1. The van der Waals surface area contributed by atoms with E-state index in [4.69, 9.17) is 0 Å². The molecule has 0 aromatic heterocycles. The van der Waals surface area contributed by atoms with E-state index in [2.05, 4.69) is 10.2 Å². The summed E-state index contributed by atoms with van der Waals surface area (Å²) in [7, 11) is 0. The van der Waals surface area contributed by atoms with Gasteiger partial charge in [0, 0.05) is 37.6 Å². The van der Waals surface area contributed by atoms with Gasteiger partial charge in [-0.2, -0.15) is 13.2 Å². The van der Waals surface area contributed by atoms with E-state index in [9.17, 15) is 23.1 Å². The summed E-state index contributed by atoms with van der Waals surface area (Å²) in [4.78, 5) is 16.7. The van der Waals surface area contributed by atoms with Crippen molar-refractivity contribution >= 4 is 17.3 Å². The maximum absolute atomic E-state index is 12.6. The number of phenols is 1. The molecule has 1 aliphatic heterocycles. The number of hydrogen-bond acceptors (Lipinski definition) is 4. The topological polar surface area (TPSA) is 55.8 Å². The third-order valence-corrected chi connectivity index (χ3v) is 4.94. The molecule has 0 spiro atoms. The minimum absolute atomic E-state index is 0.218. The van der Waals surface area contributed by atoms with Crippen molar-refractivity contribution in [3.8, 4) is 5.75 Å².